The number of nitrogens with one attached hydrogen (secondary N) is 1. The Balaban J connectivity index is 2.43. The van der Waals surface area contributed by atoms with Crippen molar-refractivity contribution in [1.29, 1.82) is 0 Å². The van der Waals surface area contributed by atoms with Crippen LogP contribution in [0.15, 0.2) is 0 Å². The van der Waals surface area contributed by atoms with E-state index < -0.39 is 11.7 Å². The molecule has 0 radical (unpaired) electrons. The van der Waals surface area contributed by atoms with Gasteiger partial charge in [0.2, 0.25) is 11.8 Å². The molecule has 1 saturated heterocycles. The van der Waals surface area contributed by atoms with Gasteiger partial charge in [0.05, 0.1) is 0 Å². The Morgan fingerprint density at radius 1 is 1.04 bits per heavy atom. The molecule has 1 N–H and O–H groups in total. The van der Waals surface area contributed by atoms with Crippen LogP contribution >= 0.6 is 0 Å². The lowest BCUT2D eigenvalue weighted by Crippen LogP contribution is -2.43. The number of hydrogen-bond donors (Lipinski definition) is 1. The average molecular weight is 327 g/mol. The third-order valence-corrected chi connectivity index (χ3v) is 3.44. The second-order valence-electron chi connectivity index (χ2n) is 7.07. The number of carbonyl (C=O) groups excluding carboxylic acids is 3. The zero-order valence-corrected chi connectivity index (χ0v) is 14.8. The van der Waals surface area contributed by atoms with Crippen molar-refractivity contribution in [1.82, 2.24) is 15.1 Å². The molecular weight excluding hydrogens is 298 g/mol. The summed E-state index contributed by atoms with van der Waals surface area (Å²) >= 11 is 0. The van der Waals surface area contributed by atoms with E-state index in [0.29, 0.717) is 26.2 Å². The highest BCUT2D eigenvalue weighted by Crippen LogP contribution is 2.08. The van der Waals surface area contributed by atoms with E-state index in [1.54, 1.807) is 30.6 Å². The SMILES string of the molecule is CC(C)C(=O)N1CCCN(C(=O)CNC(=O)OC(C)(C)C)CC1. The van der Waals surface area contributed by atoms with Gasteiger partial charge in [0.1, 0.15) is 12.1 Å². The molecule has 3 amide bonds. The van der Waals surface area contributed by atoms with Crippen molar-refractivity contribution in [3.8, 4) is 0 Å². The Morgan fingerprint density at radius 2 is 1.61 bits per heavy atom. The molecule has 1 fully saturated rings. The molecule has 0 spiro atoms. The summed E-state index contributed by atoms with van der Waals surface area (Å²) in [6.07, 6.45) is 0.147. The van der Waals surface area contributed by atoms with Gasteiger partial charge in [-0.15, -0.1) is 0 Å². The predicted molar refractivity (Wildman–Crippen MR) is 86.9 cm³/mol. The van der Waals surface area contributed by atoms with Crippen molar-refractivity contribution in [3.05, 3.63) is 0 Å². The number of hydrogen-bond acceptors (Lipinski definition) is 4. The Hall–Kier alpha value is -1.79. The second-order valence-corrected chi connectivity index (χ2v) is 7.07. The van der Waals surface area contributed by atoms with E-state index in [1.807, 2.05) is 13.8 Å². The average Bonchev–Trinajstić information content (AvgIpc) is 2.67. The standard InChI is InChI=1S/C16H29N3O4/c1-12(2)14(21)19-8-6-7-18(9-10-19)13(20)11-17-15(22)23-16(3,4)5/h12H,6-11H2,1-5H3,(H,17,22). The van der Waals surface area contributed by atoms with Gasteiger partial charge in [0, 0.05) is 32.1 Å². The Kier molecular flexibility index (Phi) is 6.84. The maximum absolute atomic E-state index is 12.2. The van der Waals surface area contributed by atoms with Crippen LogP contribution in [0, 0.1) is 5.92 Å². The fourth-order valence-electron chi connectivity index (χ4n) is 2.33. The number of alkyl carbamates (subject to hydrolysis) is 1. The monoisotopic (exact) mass is 327 g/mol. The van der Waals surface area contributed by atoms with Crippen molar-refractivity contribution in [2.24, 2.45) is 5.92 Å². The molecule has 0 unspecified atom stereocenters. The van der Waals surface area contributed by atoms with E-state index in [2.05, 4.69) is 5.32 Å². The molecule has 0 aromatic heterocycles. The number of carbonyl (C=O) groups is 3. The van der Waals surface area contributed by atoms with Crippen LogP contribution in [0.4, 0.5) is 4.79 Å². The van der Waals surface area contributed by atoms with Crippen molar-refractivity contribution in [2.75, 3.05) is 32.7 Å². The van der Waals surface area contributed by atoms with E-state index >= 15 is 0 Å². The Morgan fingerprint density at radius 3 is 2.17 bits per heavy atom. The van der Waals surface area contributed by atoms with Crippen molar-refractivity contribution < 1.29 is 19.1 Å². The smallest absolute Gasteiger partial charge is 0.408 e. The third kappa shape index (κ3) is 6.88. The highest BCUT2D eigenvalue weighted by molar-refractivity contribution is 5.82. The van der Waals surface area contributed by atoms with E-state index in [9.17, 15) is 14.4 Å². The van der Waals surface area contributed by atoms with Gasteiger partial charge in [0.25, 0.3) is 0 Å². The summed E-state index contributed by atoms with van der Waals surface area (Å²) in [4.78, 5) is 39.3. The van der Waals surface area contributed by atoms with Gasteiger partial charge in [-0.1, -0.05) is 13.8 Å². The van der Waals surface area contributed by atoms with Crippen LogP contribution in [0.2, 0.25) is 0 Å². The number of ether oxygens (including phenoxy) is 1. The van der Waals surface area contributed by atoms with Crippen LogP contribution in [-0.2, 0) is 14.3 Å². The van der Waals surface area contributed by atoms with Crippen LogP contribution in [0.5, 0.6) is 0 Å². The largest absolute Gasteiger partial charge is 0.444 e. The molecule has 1 rings (SSSR count). The quantitative estimate of drug-likeness (QED) is 0.845. The first kappa shape index (κ1) is 19.3. The summed E-state index contributed by atoms with van der Waals surface area (Å²) < 4.78 is 5.10. The van der Waals surface area contributed by atoms with Crippen LogP contribution in [-0.4, -0.2) is 66.0 Å². The van der Waals surface area contributed by atoms with Crippen molar-refractivity contribution in [3.63, 3.8) is 0 Å². The summed E-state index contributed by atoms with van der Waals surface area (Å²) in [6.45, 7) is 11.3. The summed E-state index contributed by atoms with van der Waals surface area (Å²) in [5, 5.41) is 2.48. The van der Waals surface area contributed by atoms with Crippen LogP contribution < -0.4 is 5.32 Å². The molecule has 0 aromatic carbocycles. The van der Waals surface area contributed by atoms with Crippen molar-refractivity contribution >= 4 is 17.9 Å². The lowest BCUT2D eigenvalue weighted by atomic mass is 10.2. The molecule has 0 atom stereocenters. The van der Waals surface area contributed by atoms with Crippen molar-refractivity contribution in [2.45, 2.75) is 46.6 Å². The molecular formula is C16H29N3O4. The van der Waals surface area contributed by atoms with E-state index in [0.717, 1.165) is 6.42 Å². The van der Waals surface area contributed by atoms with Gasteiger partial charge < -0.3 is 19.9 Å². The third-order valence-electron chi connectivity index (χ3n) is 3.44. The van der Waals surface area contributed by atoms with Gasteiger partial charge in [0.15, 0.2) is 0 Å². The van der Waals surface area contributed by atoms with E-state index in [-0.39, 0.29) is 24.3 Å². The fourth-order valence-corrected chi connectivity index (χ4v) is 2.33. The number of nitrogens with zero attached hydrogens (tertiary/aromatic N) is 2. The highest BCUT2D eigenvalue weighted by Gasteiger charge is 2.24. The summed E-state index contributed by atoms with van der Waals surface area (Å²) in [7, 11) is 0. The lowest BCUT2D eigenvalue weighted by Gasteiger charge is -2.24. The maximum Gasteiger partial charge on any atom is 0.408 e. The predicted octanol–water partition coefficient (Wildman–Crippen LogP) is 1.23. The minimum atomic E-state index is -0.600. The van der Waals surface area contributed by atoms with Crippen LogP contribution in [0.3, 0.4) is 0 Å². The molecule has 1 heterocycles. The topological polar surface area (TPSA) is 79.0 Å². The van der Waals surface area contributed by atoms with E-state index in [1.165, 1.54) is 0 Å². The number of amides is 3. The first-order valence-electron chi connectivity index (χ1n) is 8.13. The fraction of sp³-hybridized carbons (Fsp3) is 0.812. The van der Waals surface area contributed by atoms with E-state index in [4.69, 9.17) is 4.74 Å². The molecule has 7 nitrogen and oxygen atoms in total. The van der Waals surface area contributed by atoms with Gasteiger partial charge in [-0.25, -0.2) is 4.79 Å². The first-order valence-corrected chi connectivity index (χ1v) is 8.13. The highest BCUT2D eigenvalue weighted by atomic mass is 16.6. The van der Waals surface area contributed by atoms with Gasteiger partial charge >= 0.3 is 6.09 Å². The first-order chi connectivity index (χ1) is 10.6. The summed E-state index contributed by atoms with van der Waals surface area (Å²) in [5.74, 6) is -0.0769. The molecule has 0 bridgehead atoms. The van der Waals surface area contributed by atoms with Gasteiger partial charge in [-0.3, -0.25) is 9.59 Å². The normalized spacial score (nSPS) is 16.1. The molecule has 1 aliphatic rings. The molecule has 7 heteroatoms. The molecule has 132 valence electrons. The molecule has 23 heavy (non-hydrogen) atoms. The second kappa shape index (κ2) is 8.17. The Labute approximate surface area is 138 Å². The Bertz CT molecular complexity index is 443. The van der Waals surface area contributed by atoms with Gasteiger partial charge in [-0.2, -0.15) is 0 Å². The summed E-state index contributed by atoms with van der Waals surface area (Å²) in [6, 6.07) is 0. The summed E-state index contributed by atoms with van der Waals surface area (Å²) in [5.41, 5.74) is -0.590. The minimum Gasteiger partial charge on any atom is -0.444 e. The maximum atomic E-state index is 12.2. The molecule has 0 saturated carbocycles. The van der Waals surface area contributed by atoms with Crippen LogP contribution in [0.1, 0.15) is 41.0 Å². The number of rotatable bonds is 3. The van der Waals surface area contributed by atoms with Crippen LogP contribution in [0.25, 0.3) is 0 Å². The lowest BCUT2D eigenvalue weighted by molar-refractivity contribution is -0.135. The molecule has 0 aromatic rings. The zero-order chi connectivity index (χ0) is 17.6. The van der Waals surface area contributed by atoms with Gasteiger partial charge in [-0.05, 0) is 27.2 Å². The molecule has 0 aliphatic carbocycles. The minimum absolute atomic E-state index is 0.0360. The zero-order valence-electron chi connectivity index (χ0n) is 14.8. The molecule has 1 aliphatic heterocycles.